The zero-order valence-corrected chi connectivity index (χ0v) is 8.15. The number of rotatable bonds is 0. The summed E-state index contributed by atoms with van der Waals surface area (Å²) in [5.74, 6) is 3.79. The minimum Gasteiger partial charge on any atom is -0.0879 e. The van der Waals surface area contributed by atoms with E-state index in [1.165, 1.54) is 32.1 Å². The van der Waals surface area contributed by atoms with Crippen LogP contribution in [0.25, 0.3) is 0 Å². The summed E-state index contributed by atoms with van der Waals surface area (Å²) >= 11 is 0. The molecule has 1 fully saturated rings. The molecule has 3 aliphatic carbocycles. The zero-order valence-electron chi connectivity index (χ0n) is 8.15. The van der Waals surface area contributed by atoms with Gasteiger partial charge in [-0.1, -0.05) is 30.7 Å². The van der Waals surface area contributed by atoms with Gasteiger partial charge in [0.05, 0.1) is 0 Å². The molecule has 0 amide bonds. The predicted octanol–water partition coefficient (Wildman–Crippen LogP) is 3.55. The lowest BCUT2D eigenvalue weighted by atomic mass is 9.68. The Morgan fingerprint density at radius 3 is 2.85 bits per heavy atom. The fourth-order valence-electron chi connectivity index (χ4n) is 3.64. The van der Waals surface area contributed by atoms with Crippen LogP contribution in [0.2, 0.25) is 0 Å². The molecule has 1 saturated carbocycles. The Balaban J connectivity index is 1.91. The number of hydrogen-bond acceptors (Lipinski definition) is 0. The molecule has 0 aromatic heterocycles. The Hall–Kier alpha value is -0.520. The van der Waals surface area contributed by atoms with Gasteiger partial charge in [0.15, 0.2) is 0 Å². The van der Waals surface area contributed by atoms with Crippen LogP contribution in [-0.2, 0) is 0 Å². The van der Waals surface area contributed by atoms with Crippen molar-refractivity contribution in [3.05, 3.63) is 24.3 Å². The van der Waals surface area contributed by atoms with Gasteiger partial charge in [-0.25, -0.2) is 0 Å². The van der Waals surface area contributed by atoms with Crippen LogP contribution in [0.5, 0.6) is 0 Å². The number of allylic oxidation sites excluding steroid dienone is 4. The number of fused-ring (bicyclic) bond motifs is 3. The van der Waals surface area contributed by atoms with Crippen LogP contribution in [0.15, 0.2) is 24.3 Å². The molecule has 0 heterocycles. The minimum absolute atomic E-state index is 0.799. The summed E-state index contributed by atoms with van der Waals surface area (Å²) in [6.45, 7) is 0. The molecule has 0 nitrogen and oxygen atoms in total. The van der Waals surface area contributed by atoms with Crippen molar-refractivity contribution in [1.29, 1.82) is 0 Å². The first-order chi connectivity index (χ1) is 6.45. The maximum Gasteiger partial charge on any atom is -0.00221 e. The molecular formula is C13H18. The molecule has 0 spiro atoms. The maximum atomic E-state index is 2.51. The van der Waals surface area contributed by atoms with E-state index in [2.05, 4.69) is 24.3 Å². The third-order valence-corrected chi connectivity index (χ3v) is 4.27. The third kappa shape index (κ3) is 1.19. The van der Waals surface area contributed by atoms with Gasteiger partial charge in [-0.2, -0.15) is 0 Å². The highest BCUT2D eigenvalue weighted by Crippen LogP contribution is 2.47. The lowest BCUT2D eigenvalue weighted by molar-refractivity contribution is 0.221. The smallest absolute Gasteiger partial charge is 0.00221 e. The van der Waals surface area contributed by atoms with E-state index in [1.807, 2.05) is 0 Å². The van der Waals surface area contributed by atoms with E-state index in [9.17, 15) is 0 Å². The Labute approximate surface area is 80.7 Å². The van der Waals surface area contributed by atoms with E-state index in [1.54, 1.807) is 0 Å². The van der Waals surface area contributed by atoms with Crippen molar-refractivity contribution in [1.82, 2.24) is 0 Å². The lowest BCUT2D eigenvalue weighted by Crippen LogP contribution is -2.28. The van der Waals surface area contributed by atoms with Crippen molar-refractivity contribution in [2.24, 2.45) is 23.7 Å². The molecule has 0 aromatic rings. The largest absolute Gasteiger partial charge is 0.0879 e. The molecule has 70 valence electrons. The normalized spacial score (nSPS) is 47.4. The Bertz CT molecular complexity index is 249. The fourth-order valence-corrected chi connectivity index (χ4v) is 3.64. The molecular weight excluding hydrogens is 156 g/mol. The molecule has 0 radical (unpaired) electrons. The van der Waals surface area contributed by atoms with E-state index in [-0.39, 0.29) is 0 Å². The van der Waals surface area contributed by atoms with Gasteiger partial charge in [-0.15, -0.1) is 0 Å². The van der Waals surface area contributed by atoms with Gasteiger partial charge >= 0.3 is 0 Å². The minimum atomic E-state index is 0.799. The van der Waals surface area contributed by atoms with Crippen LogP contribution in [-0.4, -0.2) is 0 Å². The standard InChI is InChI=1S/C13H18/c1-2-6-12-10(4-1)8-9-11-5-3-7-13(11)12/h1,4,8-13H,2-3,5-7H2. The van der Waals surface area contributed by atoms with Crippen molar-refractivity contribution < 1.29 is 0 Å². The van der Waals surface area contributed by atoms with E-state index in [0.29, 0.717) is 0 Å². The molecule has 0 aromatic carbocycles. The molecule has 4 atom stereocenters. The summed E-state index contributed by atoms with van der Waals surface area (Å²) in [7, 11) is 0. The first-order valence-corrected chi connectivity index (χ1v) is 5.80. The molecule has 3 rings (SSSR count). The van der Waals surface area contributed by atoms with E-state index >= 15 is 0 Å². The molecule has 13 heavy (non-hydrogen) atoms. The summed E-state index contributed by atoms with van der Waals surface area (Å²) in [5, 5.41) is 0. The lowest BCUT2D eigenvalue weighted by Gasteiger charge is -2.37. The van der Waals surface area contributed by atoms with Crippen molar-refractivity contribution in [2.75, 3.05) is 0 Å². The van der Waals surface area contributed by atoms with Gasteiger partial charge in [0.2, 0.25) is 0 Å². The van der Waals surface area contributed by atoms with Gasteiger partial charge in [0.1, 0.15) is 0 Å². The van der Waals surface area contributed by atoms with Crippen LogP contribution >= 0.6 is 0 Å². The van der Waals surface area contributed by atoms with Crippen molar-refractivity contribution >= 4 is 0 Å². The molecule has 3 aliphatic rings. The summed E-state index contributed by atoms with van der Waals surface area (Å²) in [6.07, 6.45) is 17.0. The zero-order chi connectivity index (χ0) is 8.67. The highest BCUT2D eigenvalue weighted by Gasteiger charge is 2.38. The van der Waals surface area contributed by atoms with Crippen LogP contribution in [0.1, 0.15) is 32.1 Å². The Kier molecular flexibility index (Phi) is 1.81. The summed E-state index contributed by atoms with van der Waals surface area (Å²) < 4.78 is 0. The molecule has 0 saturated heterocycles. The first-order valence-electron chi connectivity index (χ1n) is 5.80. The van der Waals surface area contributed by atoms with E-state index < -0.39 is 0 Å². The van der Waals surface area contributed by atoms with Crippen LogP contribution in [0.4, 0.5) is 0 Å². The van der Waals surface area contributed by atoms with Crippen LogP contribution in [0.3, 0.4) is 0 Å². The average molecular weight is 174 g/mol. The third-order valence-electron chi connectivity index (χ3n) is 4.27. The van der Waals surface area contributed by atoms with E-state index in [4.69, 9.17) is 0 Å². The second-order valence-corrected chi connectivity index (χ2v) is 4.89. The fraction of sp³-hybridized carbons (Fsp3) is 0.692. The van der Waals surface area contributed by atoms with Crippen molar-refractivity contribution in [2.45, 2.75) is 32.1 Å². The second kappa shape index (κ2) is 3.01. The van der Waals surface area contributed by atoms with Crippen LogP contribution < -0.4 is 0 Å². The monoisotopic (exact) mass is 174 g/mol. The maximum absolute atomic E-state index is 2.51. The Morgan fingerprint density at radius 1 is 0.846 bits per heavy atom. The van der Waals surface area contributed by atoms with Crippen molar-refractivity contribution in [3.8, 4) is 0 Å². The van der Waals surface area contributed by atoms with Gasteiger partial charge < -0.3 is 0 Å². The molecule has 0 heteroatoms. The van der Waals surface area contributed by atoms with Gasteiger partial charge in [-0.3, -0.25) is 0 Å². The quantitative estimate of drug-likeness (QED) is 0.493. The predicted molar refractivity (Wildman–Crippen MR) is 55.3 cm³/mol. The topological polar surface area (TPSA) is 0 Å². The van der Waals surface area contributed by atoms with Gasteiger partial charge in [0.25, 0.3) is 0 Å². The van der Waals surface area contributed by atoms with Gasteiger partial charge in [0, 0.05) is 0 Å². The van der Waals surface area contributed by atoms with Crippen LogP contribution in [0, 0.1) is 23.7 Å². The molecule has 0 N–H and O–H groups in total. The van der Waals surface area contributed by atoms with E-state index in [0.717, 1.165) is 23.7 Å². The van der Waals surface area contributed by atoms with Crippen molar-refractivity contribution in [3.63, 3.8) is 0 Å². The first kappa shape index (κ1) is 7.84. The summed E-state index contributed by atoms with van der Waals surface area (Å²) in [5.41, 5.74) is 0. The molecule has 0 bridgehead atoms. The second-order valence-electron chi connectivity index (χ2n) is 4.89. The summed E-state index contributed by atoms with van der Waals surface area (Å²) in [6, 6.07) is 0. The average Bonchev–Trinajstić information content (AvgIpc) is 2.65. The molecule has 0 aliphatic heterocycles. The SMILES string of the molecule is C1=CC2C=CC3CCCC3C2CC1. The number of hydrogen-bond donors (Lipinski definition) is 0. The summed E-state index contributed by atoms with van der Waals surface area (Å²) in [4.78, 5) is 0. The highest BCUT2D eigenvalue weighted by molar-refractivity contribution is 5.15. The molecule has 4 unspecified atom stereocenters. The Morgan fingerprint density at radius 2 is 1.85 bits per heavy atom. The highest BCUT2D eigenvalue weighted by atomic mass is 14.4. The van der Waals surface area contributed by atoms with Gasteiger partial charge in [-0.05, 0) is 49.4 Å².